The van der Waals surface area contributed by atoms with Gasteiger partial charge in [0.1, 0.15) is 0 Å². The maximum atomic E-state index is 9.15. The van der Waals surface area contributed by atoms with Crippen LogP contribution < -0.4 is 0 Å². The van der Waals surface area contributed by atoms with Crippen LogP contribution >= 0.6 is 0 Å². The molecule has 0 bridgehead atoms. The molecular formula is C7H12O2. The Bertz CT molecular complexity index is 101. The summed E-state index contributed by atoms with van der Waals surface area (Å²) in [6.45, 7) is 4.78. The molecule has 1 aliphatic heterocycles. The standard InChI is InChI=1S/C7H12O2/c1-2-3-6-4-9-5-7(6)8/h2,6-8H,1,3-5H2/t6-,7-/m1/s1. The molecule has 0 aromatic rings. The fraction of sp³-hybridized carbons (Fsp3) is 0.714. The fourth-order valence-corrected chi connectivity index (χ4v) is 1.03. The first-order valence-electron chi connectivity index (χ1n) is 3.21. The summed E-state index contributed by atoms with van der Waals surface area (Å²) in [5, 5.41) is 9.15. The van der Waals surface area contributed by atoms with E-state index in [1.807, 2.05) is 6.08 Å². The normalized spacial score (nSPS) is 34.8. The largest absolute Gasteiger partial charge is 0.390 e. The molecular weight excluding hydrogens is 116 g/mol. The second-order valence-corrected chi connectivity index (χ2v) is 2.39. The first-order valence-corrected chi connectivity index (χ1v) is 3.21. The summed E-state index contributed by atoms with van der Waals surface area (Å²) in [7, 11) is 0. The number of rotatable bonds is 2. The highest BCUT2D eigenvalue weighted by Gasteiger charge is 2.24. The number of aliphatic hydroxyl groups is 1. The van der Waals surface area contributed by atoms with Crippen molar-refractivity contribution in [2.45, 2.75) is 12.5 Å². The summed E-state index contributed by atoms with van der Waals surface area (Å²) >= 11 is 0. The van der Waals surface area contributed by atoms with Crippen molar-refractivity contribution in [1.82, 2.24) is 0 Å². The molecule has 0 aromatic heterocycles. The Balaban J connectivity index is 2.30. The average molecular weight is 128 g/mol. The first kappa shape index (κ1) is 6.78. The molecule has 9 heavy (non-hydrogen) atoms. The molecule has 1 N–H and O–H groups in total. The maximum Gasteiger partial charge on any atom is 0.0826 e. The van der Waals surface area contributed by atoms with Crippen LogP contribution in [0.2, 0.25) is 0 Å². The highest BCUT2D eigenvalue weighted by atomic mass is 16.5. The molecule has 0 aliphatic carbocycles. The third-order valence-electron chi connectivity index (χ3n) is 1.63. The van der Waals surface area contributed by atoms with E-state index in [1.165, 1.54) is 0 Å². The van der Waals surface area contributed by atoms with E-state index in [-0.39, 0.29) is 6.10 Å². The van der Waals surface area contributed by atoms with Gasteiger partial charge in [-0.15, -0.1) is 6.58 Å². The number of aliphatic hydroxyl groups excluding tert-OH is 1. The van der Waals surface area contributed by atoms with Gasteiger partial charge in [-0.2, -0.15) is 0 Å². The summed E-state index contributed by atoms with van der Waals surface area (Å²) in [6, 6.07) is 0. The Hall–Kier alpha value is -0.340. The molecule has 1 heterocycles. The van der Waals surface area contributed by atoms with Gasteiger partial charge in [-0.25, -0.2) is 0 Å². The monoisotopic (exact) mass is 128 g/mol. The van der Waals surface area contributed by atoms with E-state index in [0.29, 0.717) is 19.1 Å². The topological polar surface area (TPSA) is 29.5 Å². The summed E-state index contributed by atoms with van der Waals surface area (Å²) in [4.78, 5) is 0. The zero-order chi connectivity index (χ0) is 6.69. The highest BCUT2D eigenvalue weighted by molar-refractivity contribution is 4.81. The fourth-order valence-electron chi connectivity index (χ4n) is 1.03. The van der Waals surface area contributed by atoms with Gasteiger partial charge in [0.25, 0.3) is 0 Å². The van der Waals surface area contributed by atoms with Crippen LogP contribution in [0.1, 0.15) is 6.42 Å². The SMILES string of the molecule is C=CC[C@@H]1COC[C@H]1O. The third-order valence-corrected chi connectivity index (χ3v) is 1.63. The van der Waals surface area contributed by atoms with Crippen LogP contribution in [-0.4, -0.2) is 24.4 Å². The van der Waals surface area contributed by atoms with Crippen molar-refractivity contribution in [2.75, 3.05) is 13.2 Å². The molecule has 1 fully saturated rings. The lowest BCUT2D eigenvalue weighted by atomic mass is 10.0. The van der Waals surface area contributed by atoms with Crippen molar-refractivity contribution in [3.8, 4) is 0 Å². The van der Waals surface area contributed by atoms with Gasteiger partial charge < -0.3 is 9.84 Å². The summed E-state index contributed by atoms with van der Waals surface area (Å²) in [5.41, 5.74) is 0. The van der Waals surface area contributed by atoms with Crippen LogP contribution in [0, 0.1) is 5.92 Å². The Morgan fingerprint density at radius 2 is 2.44 bits per heavy atom. The molecule has 2 nitrogen and oxygen atoms in total. The lowest BCUT2D eigenvalue weighted by Gasteiger charge is -2.07. The van der Waals surface area contributed by atoms with Gasteiger partial charge in [-0.3, -0.25) is 0 Å². The van der Waals surface area contributed by atoms with Gasteiger partial charge >= 0.3 is 0 Å². The van der Waals surface area contributed by atoms with Gasteiger partial charge in [0.15, 0.2) is 0 Å². The number of hydrogen-bond acceptors (Lipinski definition) is 2. The maximum absolute atomic E-state index is 9.15. The van der Waals surface area contributed by atoms with Gasteiger partial charge in [0, 0.05) is 5.92 Å². The lowest BCUT2D eigenvalue weighted by molar-refractivity contribution is 0.119. The molecule has 1 rings (SSSR count). The smallest absolute Gasteiger partial charge is 0.0826 e. The van der Waals surface area contributed by atoms with E-state index in [2.05, 4.69) is 6.58 Å². The number of ether oxygens (including phenoxy) is 1. The Kier molecular flexibility index (Phi) is 2.25. The first-order chi connectivity index (χ1) is 4.34. The van der Waals surface area contributed by atoms with Crippen LogP contribution in [0.15, 0.2) is 12.7 Å². The minimum Gasteiger partial charge on any atom is -0.390 e. The van der Waals surface area contributed by atoms with Crippen LogP contribution in [0.25, 0.3) is 0 Å². The lowest BCUT2D eigenvalue weighted by Crippen LogP contribution is -2.16. The van der Waals surface area contributed by atoms with Crippen molar-refractivity contribution in [2.24, 2.45) is 5.92 Å². The third kappa shape index (κ3) is 1.53. The summed E-state index contributed by atoms with van der Waals surface area (Å²) in [5.74, 6) is 0.294. The van der Waals surface area contributed by atoms with Crippen molar-refractivity contribution in [3.63, 3.8) is 0 Å². The van der Waals surface area contributed by atoms with Crippen LogP contribution in [0.4, 0.5) is 0 Å². The molecule has 2 atom stereocenters. The number of allylic oxidation sites excluding steroid dienone is 1. The second-order valence-electron chi connectivity index (χ2n) is 2.39. The van der Waals surface area contributed by atoms with Crippen molar-refractivity contribution >= 4 is 0 Å². The van der Waals surface area contributed by atoms with Crippen molar-refractivity contribution in [3.05, 3.63) is 12.7 Å². The van der Waals surface area contributed by atoms with Crippen molar-refractivity contribution < 1.29 is 9.84 Å². The van der Waals surface area contributed by atoms with Crippen molar-refractivity contribution in [1.29, 1.82) is 0 Å². The van der Waals surface area contributed by atoms with Crippen LogP contribution in [0.3, 0.4) is 0 Å². The Morgan fingerprint density at radius 1 is 1.67 bits per heavy atom. The van der Waals surface area contributed by atoms with Crippen LogP contribution in [0.5, 0.6) is 0 Å². The average Bonchev–Trinajstić information content (AvgIpc) is 2.18. The minimum absolute atomic E-state index is 0.261. The molecule has 1 aliphatic rings. The van der Waals surface area contributed by atoms with Gasteiger partial charge in [-0.05, 0) is 6.42 Å². The Morgan fingerprint density at radius 3 is 2.89 bits per heavy atom. The second kappa shape index (κ2) is 2.99. The molecule has 0 saturated carbocycles. The van der Waals surface area contributed by atoms with E-state index in [9.17, 15) is 0 Å². The van der Waals surface area contributed by atoms with E-state index < -0.39 is 0 Å². The zero-order valence-corrected chi connectivity index (χ0v) is 5.42. The van der Waals surface area contributed by atoms with E-state index in [0.717, 1.165) is 6.42 Å². The summed E-state index contributed by atoms with van der Waals surface area (Å²) in [6.07, 6.45) is 2.42. The van der Waals surface area contributed by atoms with Gasteiger partial charge in [0.05, 0.1) is 19.3 Å². The predicted molar refractivity (Wildman–Crippen MR) is 35.1 cm³/mol. The summed E-state index contributed by atoms with van der Waals surface area (Å²) < 4.78 is 5.02. The molecule has 0 spiro atoms. The molecule has 2 heteroatoms. The van der Waals surface area contributed by atoms with Gasteiger partial charge in [0.2, 0.25) is 0 Å². The van der Waals surface area contributed by atoms with E-state index in [1.54, 1.807) is 0 Å². The quantitative estimate of drug-likeness (QED) is 0.551. The number of hydrogen-bond donors (Lipinski definition) is 1. The zero-order valence-electron chi connectivity index (χ0n) is 5.42. The molecule has 0 unspecified atom stereocenters. The molecule has 0 aromatic carbocycles. The predicted octanol–water partition coefficient (Wildman–Crippen LogP) is 0.570. The van der Waals surface area contributed by atoms with E-state index >= 15 is 0 Å². The minimum atomic E-state index is -0.261. The molecule has 1 saturated heterocycles. The van der Waals surface area contributed by atoms with E-state index in [4.69, 9.17) is 9.84 Å². The molecule has 52 valence electrons. The molecule has 0 radical (unpaired) electrons. The Labute approximate surface area is 55.1 Å². The molecule has 0 amide bonds. The highest BCUT2D eigenvalue weighted by Crippen LogP contribution is 2.16. The van der Waals surface area contributed by atoms with Crippen LogP contribution in [-0.2, 0) is 4.74 Å². The van der Waals surface area contributed by atoms with Gasteiger partial charge in [-0.1, -0.05) is 6.08 Å².